The molecule has 2 rings (SSSR count). The second-order valence-electron chi connectivity index (χ2n) is 4.02. The average molecular weight is 341 g/mol. The third-order valence-corrected chi connectivity index (χ3v) is 3.61. The molecule has 1 aromatic carbocycles. The van der Waals surface area contributed by atoms with Gasteiger partial charge in [-0.25, -0.2) is 9.97 Å². The number of rotatable bonds is 2. The van der Waals surface area contributed by atoms with Crippen molar-refractivity contribution in [1.29, 1.82) is 0 Å². The molecule has 0 aliphatic rings. The highest BCUT2D eigenvalue weighted by atomic mass is 79.9. The molecule has 0 atom stereocenters. The highest BCUT2D eigenvalue weighted by molar-refractivity contribution is 9.10. The zero-order valence-corrected chi connectivity index (χ0v) is 12.7. The molecule has 1 aromatic heterocycles. The summed E-state index contributed by atoms with van der Waals surface area (Å²) in [6, 6.07) is 7.05. The first-order valence-corrected chi connectivity index (χ1v) is 6.72. The van der Waals surface area contributed by atoms with Gasteiger partial charge in [-0.05, 0) is 37.6 Å². The smallest absolute Gasteiger partial charge is 0.258 e. The van der Waals surface area contributed by atoms with Crippen LogP contribution >= 0.6 is 27.5 Å². The van der Waals surface area contributed by atoms with Crippen molar-refractivity contribution in [3.05, 3.63) is 50.7 Å². The van der Waals surface area contributed by atoms with Gasteiger partial charge in [0.25, 0.3) is 5.91 Å². The summed E-state index contributed by atoms with van der Waals surface area (Å²) in [5.74, 6) is -0.0603. The number of halogens is 2. The van der Waals surface area contributed by atoms with Crippen LogP contribution in [0.3, 0.4) is 0 Å². The summed E-state index contributed by atoms with van der Waals surface area (Å²) in [4.78, 5) is 20.2. The number of carbonyl (C=O) groups excluding carboxylic acids is 1. The molecule has 0 saturated heterocycles. The SMILES string of the molecule is Cc1cc(Cl)nc(NC(=O)c2cccc(Br)c2C)n1. The van der Waals surface area contributed by atoms with Crippen LogP contribution in [-0.2, 0) is 0 Å². The van der Waals surface area contributed by atoms with Gasteiger partial charge in [0.1, 0.15) is 5.15 Å². The van der Waals surface area contributed by atoms with Gasteiger partial charge in [0.05, 0.1) is 0 Å². The number of hydrogen-bond donors (Lipinski definition) is 1. The van der Waals surface area contributed by atoms with Crippen LogP contribution in [0.4, 0.5) is 5.95 Å². The zero-order chi connectivity index (χ0) is 14.0. The van der Waals surface area contributed by atoms with Gasteiger partial charge in [-0.1, -0.05) is 33.6 Å². The fraction of sp³-hybridized carbons (Fsp3) is 0.154. The van der Waals surface area contributed by atoms with E-state index < -0.39 is 0 Å². The minimum absolute atomic E-state index is 0.203. The summed E-state index contributed by atoms with van der Waals surface area (Å²) in [6.45, 7) is 3.65. The second kappa shape index (κ2) is 5.67. The van der Waals surface area contributed by atoms with Gasteiger partial charge >= 0.3 is 0 Å². The lowest BCUT2D eigenvalue weighted by atomic mass is 10.1. The first-order chi connectivity index (χ1) is 8.97. The monoisotopic (exact) mass is 339 g/mol. The van der Waals surface area contributed by atoms with E-state index in [0.717, 1.165) is 10.0 Å². The fourth-order valence-electron chi connectivity index (χ4n) is 1.61. The molecular formula is C13H11BrClN3O. The number of nitrogens with one attached hydrogen (secondary N) is 1. The Labute approximate surface area is 124 Å². The molecule has 0 aliphatic heterocycles. The van der Waals surface area contributed by atoms with E-state index in [2.05, 4.69) is 31.2 Å². The summed E-state index contributed by atoms with van der Waals surface area (Å²) in [6.07, 6.45) is 0. The molecule has 98 valence electrons. The van der Waals surface area contributed by atoms with Gasteiger partial charge in [-0.2, -0.15) is 0 Å². The van der Waals surface area contributed by atoms with Crippen molar-refractivity contribution in [2.24, 2.45) is 0 Å². The Hall–Kier alpha value is -1.46. The van der Waals surface area contributed by atoms with Gasteiger partial charge in [0.15, 0.2) is 0 Å². The van der Waals surface area contributed by atoms with Crippen molar-refractivity contribution in [3.63, 3.8) is 0 Å². The van der Waals surface area contributed by atoms with Crippen molar-refractivity contribution in [2.45, 2.75) is 13.8 Å². The lowest BCUT2D eigenvalue weighted by Gasteiger charge is -2.08. The molecule has 4 nitrogen and oxygen atoms in total. The molecule has 0 saturated carbocycles. The molecule has 0 bridgehead atoms. The second-order valence-corrected chi connectivity index (χ2v) is 5.26. The van der Waals surface area contributed by atoms with Crippen LogP contribution in [0.25, 0.3) is 0 Å². The first kappa shape index (κ1) is 14.0. The molecule has 19 heavy (non-hydrogen) atoms. The molecule has 1 N–H and O–H groups in total. The van der Waals surface area contributed by atoms with Crippen LogP contribution in [0.5, 0.6) is 0 Å². The maximum atomic E-state index is 12.2. The van der Waals surface area contributed by atoms with Crippen molar-refractivity contribution < 1.29 is 4.79 Å². The number of benzene rings is 1. The van der Waals surface area contributed by atoms with Crippen LogP contribution in [0.1, 0.15) is 21.6 Å². The van der Waals surface area contributed by atoms with E-state index in [-0.39, 0.29) is 11.9 Å². The van der Waals surface area contributed by atoms with E-state index in [1.54, 1.807) is 25.1 Å². The number of hydrogen-bond acceptors (Lipinski definition) is 3. The molecule has 0 unspecified atom stereocenters. The number of anilines is 1. The van der Waals surface area contributed by atoms with Gasteiger partial charge in [-0.15, -0.1) is 0 Å². The third kappa shape index (κ3) is 3.30. The van der Waals surface area contributed by atoms with Gasteiger partial charge < -0.3 is 0 Å². The predicted molar refractivity (Wildman–Crippen MR) is 78.6 cm³/mol. The summed E-state index contributed by atoms with van der Waals surface area (Å²) in [5.41, 5.74) is 2.12. The van der Waals surface area contributed by atoms with Gasteiger partial charge in [0, 0.05) is 15.7 Å². The Bertz CT molecular complexity index is 626. The number of carbonyl (C=O) groups is 1. The van der Waals surface area contributed by atoms with E-state index >= 15 is 0 Å². The Morgan fingerprint density at radius 1 is 1.32 bits per heavy atom. The Balaban J connectivity index is 2.28. The molecule has 0 spiro atoms. The Morgan fingerprint density at radius 3 is 2.74 bits per heavy atom. The highest BCUT2D eigenvalue weighted by Crippen LogP contribution is 2.20. The van der Waals surface area contributed by atoms with E-state index in [9.17, 15) is 4.79 Å². The summed E-state index contributed by atoms with van der Waals surface area (Å²) >= 11 is 9.22. The van der Waals surface area contributed by atoms with Crippen molar-refractivity contribution in [2.75, 3.05) is 5.32 Å². The average Bonchev–Trinajstić information content (AvgIpc) is 2.31. The first-order valence-electron chi connectivity index (χ1n) is 5.55. The van der Waals surface area contributed by atoms with Crippen LogP contribution in [0.15, 0.2) is 28.7 Å². The lowest BCUT2D eigenvalue weighted by Crippen LogP contribution is -2.16. The van der Waals surface area contributed by atoms with Crippen molar-refractivity contribution in [1.82, 2.24) is 9.97 Å². The maximum absolute atomic E-state index is 12.2. The lowest BCUT2D eigenvalue weighted by molar-refractivity contribution is 0.102. The van der Waals surface area contributed by atoms with Crippen molar-refractivity contribution >= 4 is 39.4 Å². The minimum atomic E-state index is -0.263. The minimum Gasteiger partial charge on any atom is -0.290 e. The van der Waals surface area contributed by atoms with Gasteiger partial charge in [0.2, 0.25) is 5.95 Å². The predicted octanol–water partition coefficient (Wildman–Crippen LogP) is 3.76. The summed E-state index contributed by atoms with van der Waals surface area (Å²) < 4.78 is 0.878. The topological polar surface area (TPSA) is 54.9 Å². The van der Waals surface area contributed by atoms with E-state index in [0.29, 0.717) is 16.4 Å². The number of amides is 1. The molecule has 1 heterocycles. The zero-order valence-electron chi connectivity index (χ0n) is 10.4. The van der Waals surface area contributed by atoms with Crippen LogP contribution in [0, 0.1) is 13.8 Å². The molecule has 1 amide bonds. The normalized spacial score (nSPS) is 10.3. The quantitative estimate of drug-likeness (QED) is 0.847. The largest absolute Gasteiger partial charge is 0.290 e. The summed E-state index contributed by atoms with van der Waals surface area (Å²) in [5, 5.41) is 2.94. The Kier molecular flexibility index (Phi) is 4.17. The van der Waals surface area contributed by atoms with Crippen LogP contribution in [-0.4, -0.2) is 15.9 Å². The molecule has 0 fully saturated rings. The highest BCUT2D eigenvalue weighted by Gasteiger charge is 2.12. The van der Waals surface area contributed by atoms with E-state index in [1.807, 2.05) is 13.0 Å². The van der Waals surface area contributed by atoms with E-state index in [1.165, 1.54) is 0 Å². The molecule has 6 heteroatoms. The number of aryl methyl sites for hydroxylation is 1. The number of nitrogens with zero attached hydrogens (tertiary/aromatic N) is 2. The molecule has 2 aromatic rings. The van der Waals surface area contributed by atoms with E-state index in [4.69, 9.17) is 11.6 Å². The fourth-order valence-corrected chi connectivity index (χ4v) is 2.21. The van der Waals surface area contributed by atoms with Gasteiger partial charge in [-0.3, -0.25) is 10.1 Å². The van der Waals surface area contributed by atoms with Crippen LogP contribution in [0.2, 0.25) is 5.15 Å². The molecule has 0 radical (unpaired) electrons. The number of aromatic nitrogens is 2. The summed E-state index contributed by atoms with van der Waals surface area (Å²) in [7, 11) is 0. The third-order valence-electron chi connectivity index (χ3n) is 2.56. The standard InChI is InChI=1S/C13H11BrClN3O/c1-7-6-11(15)17-13(16-7)18-12(19)9-4-3-5-10(14)8(9)2/h3-6H,1-2H3,(H,16,17,18,19). The maximum Gasteiger partial charge on any atom is 0.258 e. The Morgan fingerprint density at radius 2 is 2.05 bits per heavy atom. The van der Waals surface area contributed by atoms with Crippen LogP contribution < -0.4 is 5.32 Å². The molecular weight excluding hydrogens is 330 g/mol. The molecule has 0 aliphatic carbocycles. The van der Waals surface area contributed by atoms with Crippen molar-refractivity contribution in [3.8, 4) is 0 Å².